The number of piperidine rings is 1. The Morgan fingerprint density at radius 3 is 2.42 bits per heavy atom. The van der Waals surface area contributed by atoms with E-state index >= 15 is 0 Å². The van der Waals surface area contributed by atoms with Crippen LogP contribution in [0, 0.1) is 0 Å². The van der Waals surface area contributed by atoms with Crippen LogP contribution >= 0.6 is 0 Å². The second kappa shape index (κ2) is 3.73. The summed E-state index contributed by atoms with van der Waals surface area (Å²) in [6.45, 7) is 2.00. The van der Waals surface area contributed by atoms with E-state index in [1.807, 2.05) is 0 Å². The highest BCUT2D eigenvalue weighted by Gasteiger charge is 2.30. The molecule has 0 bridgehead atoms. The molecule has 1 fully saturated rings. The third kappa shape index (κ3) is 2.09. The standard InChI is InChI=1S/C7H15N3O2/c8-6-10(9-7(11)12)4-2-1-3-5-10/h9H,1-6,8H2/p+1. The summed E-state index contributed by atoms with van der Waals surface area (Å²) in [6.07, 6.45) is 2.30. The van der Waals surface area contributed by atoms with Crippen molar-refractivity contribution in [2.45, 2.75) is 19.3 Å². The minimum atomic E-state index is -0.984. The molecule has 0 unspecified atom stereocenters. The van der Waals surface area contributed by atoms with Crippen LogP contribution in [0.5, 0.6) is 0 Å². The number of carboxylic acid groups (broad SMARTS) is 1. The lowest BCUT2D eigenvalue weighted by atomic mass is 10.1. The van der Waals surface area contributed by atoms with E-state index in [0.717, 1.165) is 25.9 Å². The van der Waals surface area contributed by atoms with Gasteiger partial charge >= 0.3 is 6.09 Å². The summed E-state index contributed by atoms with van der Waals surface area (Å²) in [5.74, 6) is 0. The molecule has 0 saturated carbocycles. The van der Waals surface area contributed by atoms with Crippen molar-refractivity contribution in [3.63, 3.8) is 0 Å². The molecule has 1 saturated heterocycles. The average Bonchev–Trinajstić information content (AvgIpc) is 2.05. The zero-order chi connectivity index (χ0) is 9.03. The van der Waals surface area contributed by atoms with Crippen molar-refractivity contribution >= 4 is 6.09 Å². The molecule has 5 nitrogen and oxygen atoms in total. The van der Waals surface area contributed by atoms with E-state index in [9.17, 15) is 4.79 Å². The van der Waals surface area contributed by atoms with Crippen LogP contribution in [0.2, 0.25) is 0 Å². The fourth-order valence-electron chi connectivity index (χ4n) is 1.66. The lowest BCUT2D eigenvalue weighted by Crippen LogP contribution is -2.64. The first-order valence-corrected chi connectivity index (χ1v) is 4.26. The Hall–Kier alpha value is -0.810. The maximum atomic E-state index is 10.4. The molecule has 0 aromatic carbocycles. The van der Waals surface area contributed by atoms with Gasteiger partial charge in [-0.25, -0.2) is 9.39 Å². The fraction of sp³-hybridized carbons (Fsp3) is 0.857. The normalized spacial score (nSPS) is 21.8. The highest BCUT2D eigenvalue weighted by Crippen LogP contribution is 2.13. The summed E-state index contributed by atoms with van der Waals surface area (Å²) in [5.41, 5.74) is 8.01. The molecule has 12 heavy (non-hydrogen) atoms. The largest absolute Gasteiger partial charge is 0.462 e. The maximum Gasteiger partial charge on any atom is 0.449 e. The third-order valence-corrected chi connectivity index (χ3v) is 2.35. The van der Waals surface area contributed by atoms with E-state index in [1.165, 1.54) is 6.42 Å². The number of hydrogen-bond donors (Lipinski definition) is 3. The van der Waals surface area contributed by atoms with Gasteiger partial charge in [0.25, 0.3) is 0 Å². The van der Waals surface area contributed by atoms with E-state index in [0.29, 0.717) is 11.3 Å². The molecule has 0 aliphatic carbocycles. The minimum Gasteiger partial charge on any atom is -0.462 e. The van der Waals surface area contributed by atoms with Crippen molar-refractivity contribution in [3.8, 4) is 0 Å². The third-order valence-electron chi connectivity index (χ3n) is 2.35. The number of likely N-dealkylation sites (tertiary alicyclic amines) is 1. The molecule has 4 N–H and O–H groups in total. The Bertz CT molecular complexity index is 166. The topological polar surface area (TPSA) is 75.3 Å². The summed E-state index contributed by atoms with van der Waals surface area (Å²) >= 11 is 0. The van der Waals surface area contributed by atoms with E-state index in [4.69, 9.17) is 10.8 Å². The van der Waals surface area contributed by atoms with Gasteiger partial charge in [-0.15, -0.1) is 0 Å². The summed E-state index contributed by atoms with van der Waals surface area (Å²) in [4.78, 5) is 10.4. The van der Waals surface area contributed by atoms with Crippen LogP contribution in [-0.2, 0) is 0 Å². The van der Waals surface area contributed by atoms with Gasteiger partial charge in [0.1, 0.15) is 13.1 Å². The molecule has 1 heterocycles. The van der Waals surface area contributed by atoms with E-state index < -0.39 is 6.09 Å². The predicted octanol–water partition coefficient (Wildman–Crippen LogP) is 0.0859. The lowest BCUT2D eigenvalue weighted by molar-refractivity contribution is -0.965. The van der Waals surface area contributed by atoms with Crippen LogP contribution in [0.25, 0.3) is 0 Å². The number of amides is 1. The Morgan fingerprint density at radius 2 is 2.00 bits per heavy atom. The molecule has 1 rings (SSSR count). The van der Waals surface area contributed by atoms with Crippen molar-refractivity contribution in [1.29, 1.82) is 0 Å². The first kappa shape index (κ1) is 9.28. The molecule has 0 atom stereocenters. The lowest BCUT2D eigenvalue weighted by Gasteiger charge is -2.37. The number of nitrogens with one attached hydrogen (secondary N) is 1. The molecule has 0 aromatic rings. The Morgan fingerprint density at radius 1 is 1.42 bits per heavy atom. The van der Waals surface area contributed by atoms with Gasteiger partial charge in [0.2, 0.25) is 0 Å². The van der Waals surface area contributed by atoms with Crippen molar-refractivity contribution in [2.75, 3.05) is 19.8 Å². The summed E-state index contributed by atoms with van der Waals surface area (Å²) < 4.78 is 0.329. The van der Waals surface area contributed by atoms with Crippen molar-refractivity contribution in [2.24, 2.45) is 5.73 Å². The van der Waals surface area contributed by atoms with Gasteiger partial charge in [-0.1, -0.05) is 0 Å². The van der Waals surface area contributed by atoms with Gasteiger partial charge in [0.15, 0.2) is 6.67 Å². The van der Waals surface area contributed by atoms with Crippen molar-refractivity contribution < 1.29 is 14.5 Å². The minimum absolute atomic E-state index is 0.329. The highest BCUT2D eigenvalue weighted by atomic mass is 16.4. The van der Waals surface area contributed by atoms with E-state index in [1.54, 1.807) is 0 Å². The number of carbonyl (C=O) groups is 1. The maximum absolute atomic E-state index is 10.4. The second-order valence-corrected chi connectivity index (χ2v) is 3.25. The Balaban J connectivity index is 2.53. The molecular weight excluding hydrogens is 158 g/mol. The quantitative estimate of drug-likeness (QED) is 0.519. The van der Waals surface area contributed by atoms with E-state index in [2.05, 4.69) is 5.43 Å². The fourth-order valence-corrected chi connectivity index (χ4v) is 1.66. The average molecular weight is 174 g/mol. The highest BCUT2D eigenvalue weighted by molar-refractivity contribution is 5.62. The molecule has 1 aliphatic rings. The second-order valence-electron chi connectivity index (χ2n) is 3.25. The molecule has 0 aromatic heterocycles. The summed E-state index contributed by atoms with van der Waals surface area (Å²) in [5, 5.41) is 8.58. The van der Waals surface area contributed by atoms with Crippen molar-refractivity contribution in [1.82, 2.24) is 5.43 Å². The van der Waals surface area contributed by atoms with Gasteiger partial charge in [0, 0.05) is 0 Å². The number of rotatable bonds is 2. The SMILES string of the molecule is NC[N+]1(NC(=O)O)CCCCC1. The molecule has 1 aliphatic heterocycles. The molecule has 1 amide bonds. The van der Waals surface area contributed by atoms with E-state index in [-0.39, 0.29) is 0 Å². The first-order valence-electron chi connectivity index (χ1n) is 4.26. The Kier molecular flexibility index (Phi) is 2.88. The van der Waals surface area contributed by atoms with Gasteiger partial charge in [-0.3, -0.25) is 5.73 Å². The predicted molar refractivity (Wildman–Crippen MR) is 44.1 cm³/mol. The molecule has 0 radical (unpaired) electrons. The van der Waals surface area contributed by atoms with Gasteiger partial charge in [-0.05, 0) is 19.3 Å². The van der Waals surface area contributed by atoms with Crippen LogP contribution < -0.4 is 11.2 Å². The van der Waals surface area contributed by atoms with Crippen molar-refractivity contribution in [3.05, 3.63) is 0 Å². The van der Waals surface area contributed by atoms with Gasteiger partial charge in [-0.2, -0.15) is 5.43 Å². The number of nitrogens with zero attached hydrogens (tertiary/aromatic N) is 1. The van der Waals surface area contributed by atoms with Gasteiger partial charge < -0.3 is 5.11 Å². The summed E-state index contributed by atoms with van der Waals surface area (Å²) in [6, 6.07) is 0. The molecule has 70 valence electrons. The first-order chi connectivity index (χ1) is 5.68. The molecular formula is C7H16N3O2+. The monoisotopic (exact) mass is 174 g/mol. The number of quaternary nitrogens is 1. The summed E-state index contributed by atoms with van der Waals surface area (Å²) in [7, 11) is 0. The van der Waals surface area contributed by atoms with Crippen LogP contribution in [0.15, 0.2) is 0 Å². The number of nitrogens with two attached hydrogens (primary N) is 1. The Labute approximate surface area is 71.7 Å². The van der Waals surface area contributed by atoms with Gasteiger partial charge in [0.05, 0.1) is 0 Å². The zero-order valence-electron chi connectivity index (χ0n) is 7.12. The smallest absolute Gasteiger partial charge is 0.449 e. The molecule has 5 heteroatoms. The zero-order valence-corrected chi connectivity index (χ0v) is 7.12. The van der Waals surface area contributed by atoms with Crippen LogP contribution in [0.4, 0.5) is 4.79 Å². The number of hydrogen-bond acceptors (Lipinski definition) is 2. The molecule has 0 spiro atoms. The van der Waals surface area contributed by atoms with Crippen LogP contribution in [0.3, 0.4) is 0 Å². The van der Waals surface area contributed by atoms with Crippen LogP contribution in [0.1, 0.15) is 19.3 Å². The van der Waals surface area contributed by atoms with Crippen LogP contribution in [-0.4, -0.2) is 35.6 Å².